The van der Waals surface area contributed by atoms with Crippen molar-refractivity contribution in [2.75, 3.05) is 31.1 Å². The number of fused-ring (bicyclic) bond motifs is 1. The van der Waals surface area contributed by atoms with E-state index < -0.39 is 0 Å². The fraction of sp³-hybridized carbons (Fsp3) is 0.500. The van der Waals surface area contributed by atoms with Crippen molar-refractivity contribution in [1.29, 1.82) is 0 Å². The van der Waals surface area contributed by atoms with Crippen LogP contribution in [0.15, 0.2) is 24.5 Å². The first-order valence-electron chi connectivity index (χ1n) is 7.59. The smallest absolute Gasteiger partial charge is 0.140 e. The predicted octanol–water partition coefficient (Wildman–Crippen LogP) is 1.49. The van der Waals surface area contributed by atoms with Crippen molar-refractivity contribution in [2.45, 2.75) is 25.8 Å². The van der Waals surface area contributed by atoms with Gasteiger partial charge in [-0.1, -0.05) is 12.1 Å². The van der Waals surface area contributed by atoms with E-state index in [1.807, 2.05) is 12.1 Å². The van der Waals surface area contributed by atoms with Gasteiger partial charge in [-0.3, -0.25) is 0 Å². The largest absolute Gasteiger partial charge is 0.395 e. The highest BCUT2D eigenvalue weighted by Gasteiger charge is 2.21. The Labute approximate surface area is 125 Å². The molecule has 5 nitrogen and oxygen atoms in total. The Balaban J connectivity index is 1.80. The summed E-state index contributed by atoms with van der Waals surface area (Å²) in [5, 5.41) is 13.4. The molecule has 2 aromatic rings. The van der Waals surface area contributed by atoms with Gasteiger partial charge in [0.1, 0.15) is 12.1 Å². The third kappa shape index (κ3) is 2.99. The number of hydrogen-bond acceptors (Lipinski definition) is 5. The molecule has 1 aliphatic rings. The van der Waals surface area contributed by atoms with Gasteiger partial charge < -0.3 is 15.3 Å². The maximum Gasteiger partial charge on any atom is 0.140 e. The second kappa shape index (κ2) is 6.37. The molecular weight excluding hydrogens is 264 g/mol. The summed E-state index contributed by atoms with van der Waals surface area (Å²) in [5.41, 5.74) is 2.24. The molecule has 21 heavy (non-hydrogen) atoms. The summed E-state index contributed by atoms with van der Waals surface area (Å²) in [6.07, 6.45) is 3.82. The average Bonchev–Trinajstić information content (AvgIpc) is 2.53. The Hall–Kier alpha value is -1.72. The van der Waals surface area contributed by atoms with Gasteiger partial charge in [-0.2, -0.15) is 0 Å². The monoisotopic (exact) mass is 286 g/mol. The molecule has 0 atom stereocenters. The molecular formula is C16H22N4O. The van der Waals surface area contributed by atoms with Crippen molar-refractivity contribution in [3.05, 3.63) is 30.1 Å². The number of rotatable bonds is 4. The first-order valence-corrected chi connectivity index (χ1v) is 7.59. The van der Waals surface area contributed by atoms with Crippen molar-refractivity contribution >= 4 is 16.7 Å². The number of aromatic nitrogens is 2. The molecule has 0 amide bonds. The zero-order valence-corrected chi connectivity index (χ0v) is 12.4. The minimum absolute atomic E-state index is 0.204. The van der Waals surface area contributed by atoms with Gasteiger partial charge in [0.05, 0.1) is 12.1 Å². The quantitative estimate of drug-likeness (QED) is 0.891. The molecule has 0 unspecified atom stereocenters. The van der Waals surface area contributed by atoms with Crippen LogP contribution < -0.4 is 10.2 Å². The summed E-state index contributed by atoms with van der Waals surface area (Å²) in [4.78, 5) is 11.3. The maximum atomic E-state index is 8.89. The number of nitrogens with one attached hydrogen (secondary N) is 1. The van der Waals surface area contributed by atoms with E-state index in [1.54, 1.807) is 6.33 Å². The number of hydrogen-bond donors (Lipinski definition) is 2. The van der Waals surface area contributed by atoms with Crippen LogP contribution in [0.25, 0.3) is 10.9 Å². The van der Waals surface area contributed by atoms with Gasteiger partial charge in [-0.05, 0) is 31.4 Å². The molecule has 1 aromatic heterocycles. The Morgan fingerprint density at radius 3 is 2.86 bits per heavy atom. The van der Waals surface area contributed by atoms with Crippen LogP contribution >= 0.6 is 0 Å². The molecule has 1 aliphatic heterocycles. The number of aliphatic hydroxyl groups excluding tert-OH is 1. The third-order valence-corrected chi connectivity index (χ3v) is 4.19. The highest BCUT2D eigenvalue weighted by Crippen LogP contribution is 2.28. The Morgan fingerprint density at radius 1 is 1.29 bits per heavy atom. The average molecular weight is 286 g/mol. The zero-order valence-electron chi connectivity index (χ0n) is 12.4. The molecule has 1 saturated heterocycles. The van der Waals surface area contributed by atoms with Crippen LogP contribution in [-0.4, -0.2) is 47.4 Å². The second-order valence-electron chi connectivity index (χ2n) is 5.61. The summed E-state index contributed by atoms with van der Waals surface area (Å²) in [6, 6.07) is 6.70. The molecule has 0 saturated carbocycles. The van der Waals surface area contributed by atoms with E-state index in [9.17, 15) is 0 Å². The fourth-order valence-corrected chi connectivity index (χ4v) is 3.06. The standard InChI is InChI=1S/C16H22N4O/c1-12-3-2-4-14-15(12)16(19-11-18-14)20-8-5-13(6-9-20)17-7-10-21/h2-4,11,13,17,21H,5-10H2,1H3. The SMILES string of the molecule is Cc1cccc2ncnc(N3CCC(NCCO)CC3)c12. The van der Waals surface area contributed by atoms with Crippen molar-refractivity contribution < 1.29 is 5.11 Å². The van der Waals surface area contributed by atoms with E-state index >= 15 is 0 Å². The number of benzene rings is 1. The molecule has 5 heteroatoms. The van der Waals surface area contributed by atoms with E-state index in [0.717, 1.165) is 37.3 Å². The molecule has 0 aliphatic carbocycles. The molecule has 0 radical (unpaired) electrons. The Kier molecular flexibility index (Phi) is 4.31. The van der Waals surface area contributed by atoms with Crippen LogP contribution in [0.5, 0.6) is 0 Å². The lowest BCUT2D eigenvalue weighted by atomic mass is 10.0. The maximum absolute atomic E-state index is 8.89. The summed E-state index contributed by atoms with van der Waals surface area (Å²) < 4.78 is 0. The highest BCUT2D eigenvalue weighted by molar-refractivity contribution is 5.92. The van der Waals surface area contributed by atoms with E-state index in [-0.39, 0.29) is 6.61 Å². The Morgan fingerprint density at radius 2 is 2.10 bits per heavy atom. The van der Waals surface area contributed by atoms with Crippen LogP contribution in [0.1, 0.15) is 18.4 Å². The number of anilines is 1. The first-order chi connectivity index (χ1) is 10.3. The van der Waals surface area contributed by atoms with Gasteiger partial charge in [-0.25, -0.2) is 9.97 Å². The number of aliphatic hydroxyl groups is 1. The predicted molar refractivity (Wildman–Crippen MR) is 84.6 cm³/mol. The lowest BCUT2D eigenvalue weighted by Crippen LogP contribution is -2.43. The molecule has 1 fully saturated rings. The van der Waals surface area contributed by atoms with E-state index in [0.29, 0.717) is 12.6 Å². The van der Waals surface area contributed by atoms with Crippen LogP contribution in [0.4, 0.5) is 5.82 Å². The third-order valence-electron chi connectivity index (χ3n) is 4.19. The second-order valence-corrected chi connectivity index (χ2v) is 5.61. The molecule has 112 valence electrons. The molecule has 0 bridgehead atoms. The molecule has 1 aromatic carbocycles. The van der Waals surface area contributed by atoms with Gasteiger partial charge in [0.2, 0.25) is 0 Å². The van der Waals surface area contributed by atoms with E-state index in [1.165, 1.54) is 10.9 Å². The summed E-state index contributed by atoms with van der Waals surface area (Å²) >= 11 is 0. The van der Waals surface area contributed by atoms with Crippen molar-refractivity contribution in [1.82, 2.24) is 15.3 Å². The first kappa shape index (κ1) is 14.2. The highest BCUT2D eigenvalue weighted by atomic mass is 16.3. The normalized spacial score (nSPS) is 16.6. The minimum atomic E-state index is 0.204. The fourth-order valence-electron chi connectivity index (χ4n) is 3.06. The van der Waals surface area contributed by atoms with Crippen molar-refractivity contribution in [3.8, 4) is 0 Å². The van der Waals surface area contributed by atoms with Crippen LogP contribution in [-0.2, 0) is 0 Å². The molecule has 0 spiro atoms. The number of piperidine rings is 1. The van der Waals surface area contributed by atoms with E-state index in [2.05, 4.69) is 33.2 Å². The lowest BCUT2D eigenvalue weighted by molar-refractivity contribution is 0.277. The van der Waals surface area contributed by atoms with Crippen LogP contribution in [0.2, 0.25) is 0 Å². The molecule has 2 heterocycles. The van der Waals surface area contributed by atoms with Gasteiger partial charge >= 0.3 is 0 Å². The Bertz CT molecular complexity index is 603. The minimum Gasteiger partial charge on any atom is -0.395 e. The van der Waals surface area contributed by atoms with Gasteiger partial charge in [0.15, 0.2) is 0 Å². The lowest BCUT2D eigenvalue weighted by Gasteiger charge is -2.33. The van der Waals surface area contributed by atoms with E-state index in [4.69, 9.17) is 5.11 Å². The number of aryl methyl sites for hydroxylation is 1. The molecule has 3 rings (SSSR count). The topological polar surface area (TPSA) is 61.3 Å². The summed E-state index contributed by atoms with van der Waals surface area (Å²) in [5.74, 6) is 1.05. The van der Waals surface area contributed by atoms with Gasteiger partial charge in [-0.15, -0.1) is 0 Å². The zero-order chi connectivity index (χ0) is 14.7. The summed E-state index contributed by atoms with van der Waals surface area (Å²) in [7, 11) is 0. The van der Waals surface area contributed by atoms with Crippen LogP contribution in [0.3, 0.4) is 0 Å². The van der Waals surface area contributed by atoms with Gasteiger partial charge in [0, 0.05) is 31.1 Å². The van der Waals surface area contributed by atoms with Gasteiger partial charge in [0.25, 0.3) is 0 Å². The molecule has 2 N–H and O–H groups in total. The van der Waals surface area contributed by atoms with Crippen molar-refractivity contribution in [3.63, 3.8) is 0 Å². The van der Waals surface area contributed by atoms with Crippen molar-refractivity contribution in [2.24, 2.45) is 0 Å². The van der Waals surface area contributed by atoms with Crippen LogP contribution in [0, 0.1) is 6.92 Å². The number of nitrogens with zero attached hydrogens (tertiary/aromatic N) is 3. The summed E-state index contributed by atoms with van der Waals surface area (Å²) in [6.45, 7) is 4.98.